The van der Waals surface area contributed by atoms with Gasteiger partial charge >= 0.3 is 0 Å². The van der Waals surface area contributed by atoms with Crippen LogP contribution in [0.15, 0.2) is 0 Å². The summed E-state index contributed by atoms with van der Waals surface area (Å²) in [6.45, 7) is 3.12. The van der Waals surface area contributed by atoms with Crippen LogP contribution in [0.2, 0.25) is 0 Å². The Balaban J connectivity index is 2.03. The van der Waals surface area contributed by atoms with E-state index in [0.29, 0.717) is 13.0 Å². The summed E-state index contributed by atoms with van der Waals surface area (Å²) >= 11 is 0. The van der Waals surface area contributed by atoms with Crippen LogP contribution in [0.3, 0.4) is 0 Å². The zero-order valence-electron chi connectivity index (χ0n) is 10.7. The highest BCUT2D eigenvalue weighted by Crippen LogP contribution is 2.47. The molecule has 0 aromatic heterocycles. The Morgan fingerprint density at radius 2 is 2.24 bits per heavy atom. The van der Waals surface area contributed by atoms with Gasteiger partial charge in [-0.3, -0.25) is 4.79 Å². The van der Waals surface area contributed by atoms with Gasteiger partial charge in [0.15, 0.2) is 0 Å². The predicted octanol–water partition coefficient (Wildman–Crippen LogP) is 0.877. The van der Waals surface area contributed by atoms with Crippen LogP contribution in [0.4, 0.5) is 0 Å². The number of aliphatic hydroxyl groups is 1. The molecule has 2 atom stereocenters. The first kappa shape index (κ1) is 12.8. The van der Waals surface area contributed by atoms with Gasteiger partial charge < -0.3 is 15.7 Å². The van der Waals surface area contributed by atoms with Gasteiger partial charge in [0.1, 0.15) is 0 Å². The molecule has 4 nitrogen and oxygen atoms in total. The highest BCUT2D eigenvalue weighted by atomic mass is 16.3. The molecule has 2 unspecified atom stereocenters. The van der Waals surface area contributed by atoms with Crippen molar-refractivity contribution in [3.8, 4) is 0 Å². The number of piperidine rings is 1. The van der Waals surface area contributed by atoms with Crippen molar-refractivity contribution in [1.82, 2.24) is 4.90 Å². The van der Waals surface area contributed by atoms with E-state index in [0.717, 1.165) is 38.6 Å². The van der Waals surface area contributed by atoms with Crippen molar-refractivity contribution in [1.29, 1.82) is 0 Å². The van der Waals surface area contributed by atoms with Crippen molar-refractivity contribution in [2.75, 3.05) is 13.1 Å². The molecular formula is C13H24N2O2. The lowest BCUT2D eigenvalue weighted by Crippen LogP contribution is -2.49. The number of carbonyl (C=O) groups is 1. The molecule has 2 aliphatic rings. The molecule has 1 aliphatic heterocycles. The van der Waals surface area contributed by atoms with Gasteiger partial charge in [0, 0.05) is 19.1 Å². The van der Waals surface area contributed by atoms with Gasteiger partial charge in [-0.1, -0.05) is 0 Å². The number of amides is 1. The summed E-state index contributed by atoms with van der Waals surface area (Å²) in [6, 6.07) is 0.222. The van der Waals surface area contributed by atoms with E-state index in [4.69, 9.17) is 5.73 Å². The minimum atomic E-state index is -0.332. The molecule has 98 valence electrons. The Labute approximate surface area is 103 Å². The van der Waals surface area contributed by atoms with Gasteiger partial charge in [0.05, 0.1) is 11.5 Å². The van der Waals surface area contributed by atoms with Gasteiger partial charge in [-0.2, -0.15) is 0 Å². The van der Waals surface area contributed by atoms with Crippen LogP contribution < -0.4 is 5.73 Å². The lowest BCUT2D eigenvalue weighted by molar-refractivity contribution is -0.141. The normalized spacial score (nSPS) is 28.9. The summed E-state index contributed by atoms with van der Waals surface area (Å²) in [6.07, 6.45) is 5.53. The van der Waals surface area contributed by atoms with Crippen LogP contribution in [0.25, 0.3) is 0 Å². The van der Waals surface area contributed by atoms with Crippen molar-refractivity contribution in [3.63, 3.8) is 0 Å². The fourth-order valence-electron chi connectivity index (χ4n) is 2.87. The first-order chi connectivity index (χ1) is 8.09. The molecule has 0 radical (unpaired) electrons. The molecule has 0 aromatic carbocycles. The van der Waals surface area contributed by atoms with Crippen molar-refractivity contribution in [2.45, 2.75) is 57.6 Å². The molecule has 1 amide bonds. The van der Waals surface area contributed by atoms with Gasteiger partial charge in [-0.25, -0.2) is 0 Å². The summed E-state index contributed by atoms with van der Waals surface area (Å²) < 4.78 is 0. The maximum absolute atomic E-state index is 12.5. The largest absolute Gasteiger partial charge is 0.393 e. The molecular weight excluding hydrogens is 216 g/mol. The standard InChI is InChI=1S/C13H24N2O2/c1-10(16)8-11-4-2-3-7-15(11)12(17)13(9-14)5-6-13/h10-11,16H,2-9,14H2,1H3. The van der Waals surface area contributed by atoms with Crippen LogP contribution >= 0.6 is 0 Å². The zero-order chi connectivity index (χ0) is 12.5. The quantitative estimate of drug-likeness (QED) is 0.766. The molecule has 0 spiro atoms. The van der Waals surface area contributed by atoms with E-state index in [9.17, 15) is 9.90 Å². The lowest BCUT2D eigenvalue weighted by Gasteiger charge is -2.38. The molecule has 2 rings (SSSR count). The molecule has 17 heavy (non-hydrogen) atoms. The monoisotopic (exact) mass is 240 g/mol. The van der Waals surface area contributed by atoms with E-state index in [1.54, 1.807) is 6.92 Å². The average molecular weight is 240 g/mol. The van der Waals surface area contributed by atoms with Gasteiger partial charge in [0.2, 0.25) is 5.91 Å². The summed E-state index contributed by atoms with van der Waals surface area (Å²) in [4.78, 5) is 14.5. The molecule has 1 saturated heterocycles. The number of aliphatic hydroxyl groups excluding tert-OH is 1. The Bertz CT molecular complexity index is 287. The SMILES string of the molecule is CC(O)CC1CCCCN1C(=O)C1(CN)CC1. The van der Waals surface area contributed by atoms with E-state index in [-0.39, 0.29) is 23.5 Å². The van der Waals surface area contributed by atoms with Crippen LogP contribution in [-0.2, 0) is 4.79 Å². The Morgan fingerprint density at radius 3 is 2.76 bits per heavy atom. The zero-order valence-corrected chi connectivity index (χ0v) is 10.7. The topological polar surface area (TPSA) is 66.6 Å². The molecule has 1 aliphatic carbocycles. The number of nitrogens with zero attached hydrogens (tertiary/aromatic N) is 1. The number of rotatable bonds is 4. The smallest absolute Gasteiger partial charge is 0.230 e. The number of hydrogen-bond donors (Lipinski definition) is 2. The highest BCUT2D eigenvalue weighted by molar-refractivity contribution is 5.86. The molecule has 0 aromatic rings. The average Bonchev–Trinajstić information content (AvgIpc) is 3.09. The first-order valence-electron chi connectivity index (χ1n) is 6.78. The number of carbonyl (C=O) groups excluding carboxylic acids is 1. The number of likely N-dealkylation sites (tertiary alicyclic amines) is 1. The summed E-state index contributed by atoms with van der Waals surface area (Å²) in [5, 5.41) is 9.52. The molecule has 1 saturated carbocycles. The maximum atomic E-state index is 12.5. The van der Waals surface area contributed by atoms with Crippen LogP contribution in [-0.4, -0.2) is 41.1 Å². The third kappa shape index (κ3) is 2.63. The van der Waals surface area contributed by atoms with Crippen LogP contribution in [0.5, 0.6) is 0 Å². The number of nitrogens with two attached hydrogens (primary N) is 1. The van der Waals surface area contributed by atoms with Crippen LogP contribution in [0, 0.1) is 5.41 Å². The highest BCUT2D eigenvalue weighted by Gasteiger charge is 2.51. The maximum Gasteiger partial charge on any atom is 0.230 e. The first-order valence-corrected chi connectivity index (χ1v) is 6.78. The third-order valence-corrected chi connectivity index (χ3v) is 4.20. The molecule has 3 N–H and O–H groups in total. The van der Waals surface area contributed by atoms with Crippen molar-refractivity contribution in [3.05, 3.63) is 0 Å². The van der Waals surface area contributed by atoms with E-state index >= 15 is 0 Å². The Morgan fingerprint density at radius 1 is 1.53 bits per heavy atom. The lowest BCUT2D eigenvalue weighted by atomic mass is 9.94. The second-order valence-corrected chi connectivity index (χ2v) is 5.72. The van der Waals surface area contributed by atoms with Crippen molar-refractivity contribution in [2.24, 2.45) is 11.1 Å². The third-order valence-electron chi connectivity index (χ3n) is 4.20. The summed E-state index contributed by atoms with van der Waals surface area (Å²) in [7, 11) is 0. The van der Waals surface area contributed by atoms with E-state index in [1.807, 2.05) is 4.90 Å². The summed E-state index contributed by atoms with van der Waals surface area (Å²) in [5.41, 5.74) is 5.48. The van der Waals surface area contributed by atoms with Gasteiger partial charge in [-0.05, 0) is 45.4 Å². The minimum absolute atomic E-state index is 0.222. The van der Waals surface area contributed by atoms with Crippen molar-refractivity contribution >= 4 is 5.91 Å². The molecule has 0 bridgehead atoms. The predicted molar refractivity (Wildman–Crippen MR) is 66.4 cm³/mol. The van der Waals surface area contributed by atoms with Gasteiger partial charge in [-0.15, -0.1) is 0 Å². The second kappa shape index (κ2) is 4.94. The summed E-state index contributed by atoms with van der Waals surface area (Å²) in [5.74, 6) is 0.241. The van der Waals surface area contributed by atoms with Gasteiger partial charge in [0.25, 0.3) is 0 Å². The van der Waals surface area contributed by atoms with Crippen LogP contribution in [0.1, 0.15) is 45.4 Å². The van der Waals surface area contributed by atoms with E-state index < -0.39 is 0 Å². The second-order valence-electron chi connectivity index (χ2n) is 5.72. The van der Waals surface area contributed by atoms with Crippen molar-refractivity contribution < 1.29 is 9.90 Å². The number of hydrogen-bond acceptors (Lipinski definition) is 3. The van der Waals surface area contributed by atoms with E-state index in [2.05, 4.69) is 0 Å². The fraction of sp³-hybridized carbons (Fsp3) is 0.923. The molecule has 2 fully saturated rings. The fourth-order valence-corrected chi connectivity index (χ4v) is 2.87. The molecule has 4 heteroatoms. The van der Waals surface area contributed by atoms with E-state index in [1.165, 1.54) is 0 Å². The Hall–Kier alpha value is -0.610. The Kier molecular flexibility index (Phi) is 3.73. The minimum Gasteiger partial charge on any atom is -0.393 e. The molecule has 1 heterocycles.